The van der Waals surface area contributed by atoms with E-state index in [0.717, 1.165) is 6.07 Å². The highest BCUT2D eigenvalue weighted by molar-refractivity contribution is 5.34. The molecule has 1 aromatic carbocycles. The van der Waals surface area contributed by atoms with Crippen molar-refractivity contribution in [3.63, 3.8) is 0 Å². The minimum Gasteiger partial charge on any atom is -0.390 e. The SMILES string of the molecule is N#Cc1cc(CNCC(F)(F)CO)ccc1F. The van der Waals surface area contributed by atoms with E-state index < -0.39 is 24.9 Å². The number of nitrogens with zero attached hydrogens (tertiary/aromatic N) is 1. The van der Waals surface area contributed by atoms with Gasteiger partial charge in [0, 0.05) is 6.54 Å². The van der Waals surface area contributed by atoms with Gasteiger partial charge in [0.15, 0.2) is 0 Å². The molecule has 0 aliphatic carbocycles. The van der Waals surface area contributed by atoms with E-state index in [1.165, 1.54) is 12.1 Å². The summed E-state index contributed by atoms with van der Waals surface area (Å²) in [6.07, 6.45) is 0. The fourth-order valence-electron chi connectivity index (χ4n) is 1.21. The van der Waals surface area contributed by atoms with Crippen LogP contribution in [-0.2, 0) is 6.54 Å². The van der Waals surface area contributed by atoms with E-state index in [2.05, 4.69) is 5.32 Å². The first kappa shape index (κ1) is 13.5. The lowest BCUT2D eigenvalue weighted by Crippen LogP contribution is -2.35. The third kappa shape index (κ3) is 4.06. The molecule has 1 aromatic rings. The van der Waals surface area contributed by atoms with E-state index in [4.69, 9.17) is 10.4 Å². The predicted octanol–water partition coefficient (Wildman–Crippen LogP) is 1.41. The van der Waals surface area contributed by atoms with Crippen molar-refractivity contribution in [3.8, 4) is 6.07 Å². The van der Waals surface area contributed by atoms with E-state index in [0.29, 0.717) is 5.56 Å². The molecule has 0 aromatic heterocycles. The van der Waals surface area contributed by atoms with Gasteiger partial charge in [-0.3, -0.25) is 0 Å². The molecule has 0 radical (unpaired) electrons. The van der Waals surface area contributed by atoms with Crippen molar-refractivity contribution in [2.24, 2.45) is 0 Å². The van der Waals surface area contributed by atoms with Crippen molar-refractivity contribution in [1.29, 1.82) is 5.26 Å². The molecule has 2 N–H and O–H groups in total. The molecule has 6 heteroatoms. The number of rotatable bonds is 5. The number of aliphatic hydroxyl groups excluding tert-OH is 1. The smallest absolute Gasteiger partial charge is 0.282 e. The Balaban J connectivity index is 2.56. The van der Waals surface area contributed by atoms with Crippen molar-refractivity contribution >= 4 is 0 Å². The number of alkyl halides is 2. The molecule has 0 amide bonds. The molecule has 0 spiro atoms. The second-order valence-corrected chi connectivity index (χ2v) is 3.54. The van der Waals surface area contributed by atoms with Crippen LogP contribution >= 0.6 is 0 Å². The van der Waals surface area contributed by atoms with Gasteiger partial charge in [-0.05, 0) is 17.7 Å². The van der Waals surface area contributed by atoms with E-state index in [1.807, 2.05) is 0 Å². The van der Waals surface area contributed by atoms with Crippen LogP contribution in [-0.4, -0.2) is 24.2 Å². The first-order chi connectivity index (χ1) is 7.98. The first-order valence-electron chi connectivity index (χ1n) is 4.86. The predicted molar refractivity (Wildman–Crippen MR) is 54.9 cm³/mol. The maximum absolute atomic E-state index is 12.9. The summed E-state index contributed by atoms with van der Waals surface area (Å²) >= 11 is 0. The zero-order valence-corrected chi connectivity index (χ0v) is 8.88. The number of hydrogen-bond donors (Lipinski definition) is 2. The number of nitrogens with one attached hydrogen (secondary N) is 1. The molecule has 0 saturated carbocycles. The van der Waals surface area contributed by atoms with Crippen LogP contribution < -0.4 is 5.32 Å². The summed E-state index contributed by atoms with van der Waals surface area (Å²) < 4.78 is 38.2. The van der Waals surface area contributed by atoms with Gasteiger partial charge >= 0.3 is 0 Å². The van der Waals surface area contributed by atoms with Crippen LogP contribution in [0.15, 0.2) is 18.2 Å². The Morgan fingerprint density at radius 1 is 1.41 bits per heavy atom. The highest BCUT2D eigenvalue weighted by atomic mass is 19.3. The third-order valence-electron chi connectivity index (χ3n) is 2.10. The Morgan fingerprint density at radius 2 is 2.12 bits per heavy atom. The van der Waals surface area contributed by atoms with Crippen LogP contribution in [0.3, 0.4) is 0 Å². The van der Waals surface area contributed by atoms with Gasteiger partial charge in [-0.15, -0.1) is 0 Å². The van der Waals surface area contributed by atoms with Gasteiger partial charge in [0.25, 0.3) is 5.92 Å². The number of nitriles is 1. The lowest BCUT2D eigenvalue weighted by atomic mass is 10.1. The summed E-state index contributed by atoms with van der Waals surface area (Å²) in [6.45, 7) is -1.83. The van der Waals surface area contributed by atoms with Crippen molar-refractivity contribution in [1.82, 2.24) is 5.32 Å². The third-order valence-corrected chi connectivity index (χ3v) is 2.10. The van der Waals surface area contributed by atoms with Crippen molar-refractivity contribution in [2.75, 3.05) is 13.2 Å². The Hall–Kier alpha value is -1.58. The van der Waals surface area contributed by atoms with Crippen LogP contribution in [0.2, 0.25) is 0 Å². The second-order valence-electron chi connectivity index (χ2n) is 3.54. The normalized spacial score (nSPS) is 11.2. The van der Waals surface area contributed by atoms with Crippen LogP contribution in [0.5, 0.6) is 0 Å². The molecule has 0 atom stereocenters. The Labute approximate surface area is 96.5 Å². The van der Waals surface area contributed by atoms with Gasteiger partial charge in [-0.1, -0.05) is 6.07 Å². The summed E-state index contributed by atoms with van der Waals surface area (Å²) in [4.78, 5) is 0. The summed E-state index contributed by atoms with van der Waals surface area (Å²) in [5.74, 6) is -3.82. The number of aliphatic hydroxyl groups is 1. The highest BCUT2D eigenvalue weighted by Gasteiger charge is 2.26. The van der Waals surface area contributed by atoms with Crippen LogP contribution in [0.25, 0.3) is 0 Å². The molecule has 0 bridgehead atoms. The van der Waals surface area contributed by atoms with Gasteiger partial charge in [-0.25, -0.2) is 13.2 Å². The lowest BCUT2D eigenvalue weighted by Gasteiger charge is -2.13. The molecule has 0 aliphatic rings. The van der Waals surface area contributed by atoms with Crippen LogP contribution in [0.1, 0.15) is 11.1 Å². The van der Waals surface area contributed by atoms with Gasteiger partial charge in [0.1, 0.15) is 18.5 Å². The van der Waals surface area contributed by atoms with Gasteiger partial charge in [0.2, 0.25) is 0 Å². The average molecular weight is 244 g/mol. The molecule has 0 unspecified atom stereocenters. The summed E-state index contributed by atoms with van der Waals surface area (Å²) in [7, 11) is 0. The van der Waals surface area contributed by atoms with Gasteiger partial charge in [0.05, 0.1) is 12.1 Å². The van der Waals surface area contributed by atoms with Crippen LogP contribution in [0.4, 0.5) is 13.2 Å². The van der Waals surface area contributed by atoms with E-state index in [-0.39, 0.29) is 12.1 Å². The molecule has 17 heavy (non-hydrogen) atoms. The fraction of sp³-hybridized carbons (Fsp3) is 0.364. The average Bonchev–Trinajstić information content (AvgIpc) is 2.31. The molecule has 0 aliphatic heterocycles. The van der Waals surface area contributed by atoms with Gasteiger partial charge in [-0.2, -0.15) is 5.26 Å². The summed E-state index contributed by atoms with van der Waals surface area (Å²) in [5.41, 5.74) is 0.398. The fourth-order valence-corrected chi connectivity index (χ4v) is 1.21. The van der Waals surface area contributed by atoms with Crippen molar-refractivity contribution in [3.05, 3.63) is 35.1 Å². The maximum atomic E-state index is 12.9. The minimum absolute atomic E-state index is 0.0740. The van der Waals surface area contributed by atoms with Crippen LogP contribution in [0, 0.1) is 17.1 Å². The molecule has 92 valence electrons. The Kier molecular flexibility index (Phi) is 4.49. The minimum atomic E-state index is -3.18. The molecule has 3 nitrogen and oxygen atoms in total. The Bertz CT molecular complexity index is 429. The molecule has 0 fully saturated rings. The van der Waals surface area contributed by atoms with E-state index in [1.54, 1.807) is 6.07 Å². The first-order valence-corrected chi connectivity index (χ1v) is 4.86. The molecular weight excluding hydrogens is 233 g/mol. The standard InChI is InChI=1S/C11H11F3N2O/c12-10-2-1-8(3-9(10)4-15)5-16-6-11(13,14)7-17/h1-3,16-17H,5-7H2. The summed E-state index contributed by atoms with van der Waals surface area (Å²) in [5, 5.41) is 19.3. The molecular formula is C11H11F3N2O. The Morgan fingerprint density at radius 3 is 2.71 bits per heavy atom. The number of hydrogen-bond acceptors (Lipinski definition) is 3. The lowest BCUT2D eigenvalue weighted by molar-refractivity contribution is -0.0477. The largest absolute Gasteiger partial charge is 0.390 e. The molecule has 1 rings (SSSR count). The second kappa shape index (κ2) is 5.66. The van der Waals surface area contributed by atoms with Crippen molar-refractivity contribution < 1.29 is 18.3 Å². The molecule has 0 saturated heterocycles. The maximum Gasteiger partial charge on any atom is 0.282 e. The topological polar surface area (TPSA) is 56.0 Å². The quantitative estimate of drug-likeness (QED) is 0.823. The zero-order chi connectivity index (χ0) is 12.9. The van der Waals surface area contributed by atoms with E-state index >= 15 is 0 Å². The number of benzene rings is 1. The number of halogens is 3. The molecule has 0 heterocycles. The van der Waals surface area contributed by atoms with Crippen molar-refractivity contribution in [2.45, 2.75) is 12.5 Å². The zero-order valence-electron chi connectivity index (χ0n) is 8.88. The highest BCUT2D eigenvalue weighted by Crippen LogP contribution is 2.12. The summed E-state index contributed by atoms with van der Waals surface area (Å²) in [6, 6.07) is 5.47. The monoisotopic (exact) mass is 244 g/mol. The van der Waals surface area contributed by atoms with Gasteiger partial charge < -0.3 is 10.4 Å². The van der Waals surface area contributed by atoms with E-state index in [9.17, 15) is 13.2 Å².